The molecule has 22 heavy (non-hydrogen) atoms. The molecule has 3 nitrogen and oxygen atoms in total. The lowest BCUT2D eigenvalue weighted by molar-refractivity contribution is 0.555. The maximum absolute atomic E-state index is 11.4. The summed E-state index contributed by atoms with van der Waals surface area (Å²) in [6, 6.07) is 7.14. The molecule has 1 aromatic rings. The molecule has 0 aliphatic rings. The molecule has 4 heteroatoms. The zero-order valence-corrected chi connectivity index (χ0v) is 14.9. The van der Waals surface area contributed by atoms with Crippen molar-refractivity contribution in [2.45, 2.75) is 69.7 Å². The van der Waals surface area contributed by atoms with Crippen molar-refractivity contribution >= 4 is 9.84 Å². The normalized spacial score (nSPS) is 11.7. The Morgan fingerprint density at radius 3 is 1.95 bits per heavy atom. The maximum atomic E-state index is 11.4. The van der Waals surface area contributed by atoms with Crippen LogP contribution in [0.1, 0.15) is 63.9 Å². The van der Waals surface area contributed by atoms with Gasteiger partial charge in [-0.3, -0.25) is 0 Å². The van der Waals surface area contributed by atoms with Crippen molar-refractivity contribution in [1.29, 1.82) is 0 Å². The highest BCUT2D eigenvalue weighted by Crippen LogP contribution is 2.10. The van der Waals surface area contributed by atoms with E-state index in [0.29, 0.717) is 4.90 Å². The lowest BCUT2D eigenvalue weighted by Gasteiger charge is -2.06. The minimum absolute atomic E-state index is 0.388. The fourth-order valence-electron chi connectivity index (χ4n) is 2.47. The van der Waals surface area contributed by atoms with Gasteiger partial charge in [-0.1, -0.05) is 64.0 Å². The molecule has 1 rings (SSSR count). The van der Waals surface area contributed by atoms with Gasteiger partial charge in [0.25, 0.3) is 0 Å². The molecule has 0 radical (unpaired) electrons. The minimum atomic E-state index is -3.08. The van der Waals surface area contributed by atoms with Gasteiger partial charge in [0.15, 0.2) is 9.84 Å². The Balaban J connectivity index is 2.05. The highest BCUT2D eigenvalue weighted by Gasteiger charge is 2.05. The standard InChI is InChI=1S/C18H31NO2S/c1-3-4-5-6-7-8-9-10-15-19-16-17-11-13-18(14-12-17)22(2,20)21/h11-14,19H,3-10,15-16H2,1-2H3. The molecule has 0 unspecified atom stereocenters. The van der Waals surface area contributed by atoms with Crippen molar-refractivity contribution in [3.05, 3.63) is 29.8 Å². The van der Waals surface area contributed by atoms with Crippen molar-refractivity contribution in [3.63, 3.8) is 0 Å². The Hall–Kier alpha value is -0.870. The first-order valence-electron chi connectivity index (χ1n) is 8.53. The van der Waals surface area contributed by atoms with Gasteiger partial charge in [0.2, 0.25) is 0 Å². The Bertz CT molecular complexity index is 494. The molecule has 0 fully saturated rings. The fourth-order valence-corrected chi connectivity index (χ4v) is 3.10. The van der Waals surface area contributed by atoms with E-state index in [0.717, 1.165) is 18.7 Å². The van der Waals surface area contributed by atoms with Crippen LogP contribution in [0.5, 0.6) is 0 Å². The number of hydrogen-bond donors (Lipinski definition) is 1. The molecule has 0 atom stereocenters. The van der Waals surface area contributed by atoms with Gasteiger partial charge < -0.3 is 5.32 Å². The summed E-state index contributed by atoms with van der Waals surface area (Å²) >= 11 is 0. The van der Waals surface area contributed by atoms with Gasteiger partial charge in [-0.2, -0.15) is 0 Å². The molecule has 126 valence electrons. The van der Waals surface area contributed by atoms with Crippen LogP contribution in [0.25, 0.3) is 0 Å². The maximum Gasteiger partial charge on any atom is 0.175 e. The number of unbranched alkanes of at least 4 members (excludes halogenated alkanes) is 7. The largest absolute Gasteiger partial charge is 0.313 e. The lowest BCUT2D eigenvalue weighted by Crippen LogP contribution is -2.14. The summed E-state index contributed by atoms with van der Waals surface area (Å²) in [4.78, 5) is 0.388. The summed E-state index contributed by atoms with van der Waals surface area (Å²) < 4.78 is 22.7. The van der Waals surface area contributed by atoms with Crippen LogP contribution in [0.3, 0.4) is 0 Å². The van der Waals surface area contributed by atoms with Gasteiger partial charge >= 0.3 is 0 Å². The average Bonchev–Trinajstić information content (AvgIpc) is 2.49. The van der Waals surface area contributed by atoms with Crippen LogP contribution in [-0.4, -0.2) is 21.2 Å². The van der Waals surface area contributed by atoms with Crippen molar-refractivity contribution in [2.75, 3.05) is 12.8 Å². The van der Waals surface area contributed by atoms with E-state index in [2.05, 4.69) is 12.2 Å². The van der Waals surface area contributed by atoms with E-state index in [1.807, 2.05) is 12.1 Å². The van der Waals surface area contributed by atoms with Gasteiger partial charge in [0, 0.05) is 12.8 Å². The molecule has 0 bridgehead atoms. The van der Waals surface area contributed by atoms with Crippen LogP contribution in [-0.2, 0) is 16.4 Å². The van der Waals surface area contributed by atoms with E-state index in [1.54, 1.807) is 12.1 Å². The Labute approximate surface area is 136 Å². The first-order chi connectivity index (χ1) is 10.5. The first kappa shape index (κ1) is 19.2. The third-order valence-corrected chi connectivity index (χ3v) is 5.02. The van der Waals surface area contributed by atoms with Gasteiger partial charge in [-0.25, -0.2) is 8.42 Å². The van der Waals surface area contributed by atoms with Crippen molar-refractivity contribution in [3.8, 4) is 0 Å². The number of hydrogen-bond acceptors (Lipinski definition) is 3. The molecule has 0 aliphatic carbocycles. The monoisotopic (exact) mass is 325 g/mol. The summed E-state index contributed by atoms with van der Waals surface area (Å²) in [6.45, 7) is 4.09. The van der Waals surface area contributed by atoms with Crippen LogP contribution in [0.15, 0.2) is 29.2 Å². The predicted octanol–water partition coefficient (Wildman–Crippen LogP) is 4.32. The van der Waals surface area contributed by atoms with Crippen molar-refractivity contribution in [1.82, 2.24) is 5.32 Å². The van der Waals surface area contributed by atoms with Gasteiger partial charge in [0.05, 0.1) is 4.90 Å². The topological polar surface area (TPSA) is 46.2 Å². The Morgan fingerprint density at radius 2 is 1.41 bits per heavy atom. The summed E-state index contributed by atoms with van der Waals surface area (Å²) in [6.07, 6.45) is 11.9. The van der Waals surface area contributed by atoms with Crippen LogP contribution in [0.2, 0.25) is 0 Å². The zero-order valence-electron chi connectivity index (χ0n) is 14.1. The van der Waals surface area contributed by atoms with Crippen LogP contribution < -0.4 is 5.32 Å². The minimum Gasteiger partial charge on any atom is -0.313 e. The molecule has 0 heterocycles. The quantitative estimate of drug-likeness (QED) is 0.582. The van der Waals surface area contributed by atoms with Crippen LogP contribution >= 0.6 is 0 Å². The van der Waals surface area contributed by atoms with Gasteiger partial charge in [0.1, 0.15) is 0 Å². The van der Waals surface area contributed by atoms with E-state index in [1.165, 1.54) is 57.6 Å². The molecule has 0 amide bonds. The average molecular weight is 326 g/mol. The summed E-state index contributed by atoms with van der Waals surface area (Å²) in [7, 11) is -3.08. The third-order valence-electron chi connectivity index (χ3n) is 3.89. The van der Waals surface area contributed by atoms with E-state index in [9.17, 15) is 8.42 Å². The molecule has 0 saturated heterocycles. The third kappa shape index (κ3) is 8.54. The number of benzene rings is 1. The first-order valence-corrected chi connectivity index (χ1v) is 10.4. The van der Waals surface area contributed by atoms with E-state index < -0.39 is 9.84 Å². The Kier molecular flexibility index (Phi) is 9.41. The van der Waals surface area contributed by atoms with Crippen molar-refractivity contribution < 1.29 is 8.42 Å². The molecule has 0 aliphatic heterocycles. The second kappa shape index (κ2) is 10.8. The highest BCUT2D eigenvalue weighted by atomic mass is 32.2. The second-order valence-corrected chi connectivity index (χ2v) is 8.08. The summed E-state index contributed by atoms with van der Waals surface area (Å²) in [5.41, 5.74) is 1.13. The number of sulfone groups is 1. The summed E-state index contributed by atoms with van der Waals surface area (Å²) in [5.74, 6) is 0. The van der Waals surface area contributed by atoms with Crippen molar-refractivity contribution in [2.24, 2.45) is 0 Å². The van der Waals surface area contributed by atoms with E-state index in [-0.39, 0.29) is 0 Å². The number of rotatable bonds is 12. The van der Waals surface area contributed by atoms with E-state index in [4.69, 9.17) is 0 Å². The molecule has 1 aromatic carbocycles. The second-order valence-electron chi connectivity index (χ2n) is 6.07. The lowest BCUT2D eigenvalue weighted by atomic mass is 10.1. The summed E-state index contributed by atoms with van der Waals surface area (Å²) in [5, 5.41) is 3.42. The highest BCUT2D eigenvalue weighted by molar-refractivity contribution is 7.90. The smallest absolute Gasteiger partial charge is 0.175 e. The van der Waals surface area contributed by atoms with Crippen LogP contribution in [0, 0.1) is 0 Å². The number of nitrogens with one attached hydrogen (secondary N) is 1. The van der Waals surface area contributed by atoms with E-state index >= 15 is 0 Å². The SMILES string of the molecule is CCCCCCCCCCNCc1ccc(S(C)(=O)=O)cc1. The predicted molar refractivity (Wildman–Crippen MR) is 93.9 cm³/mol. The molecule has 0 spiro atoms. The Morgan fingerprint density at radius 1 is 0.864 bits per heavy atom. The molecule has 0 saturated carbocycles. The molecular formula is C18H31NO2S. The fraction of sp³-hybridized carbons (Fsp3) is 0.667. The molecule has 1 N–H and O–H groups in total. The zero-order chi connectivity index (χ0) is 16.3. The molecular weight excluding hydrogens is 294 g/mol. The molecule has 0 aromatic heterocycles. The van der Waals surface area contributed by atoms with Gasteiger partial charge in [-0.05, 0) is 30.7 Å². The van der Waals surface area contributed by atoms with Gasteiger partial charge in [-0.15, -0.1) is 0 Å². The van der Waals surface area contributed by atoms with Crippen LogP contribution in [0.4, 0.5) is 0 Å².